The molecule has 5 rings (SSSR count). The van der Waals surface area contributed by atoms with Crippen molar-refractivity contribution in [3.63, 3.8) is 0 Å². The highest BCUT2D eigenvalue weighted by Crippen LogP contribution is 2.35. The Kier molecular flexibility index (Phi) is 6.26. The number of aryl methyl sites for hydroxylation is 3. The van der Waals surface area contributed by atoms with Gasteiger partial charge >= 0.3 is 0 Å². The highest BCUT2D eigenvalue weighted by atomic mass is 16.5. The first kappa shape index (κ1) is 22.4. The van der Waals surface area contributed by atoms with E-state index in [0.29, 0.717) is 30.2 Å². The number of ether oxygens (including phenoxy) is 2. The zero-order valence-electron chi connectivity index (χ0n) is 20.0. The van der Waals surface area contributed by atoms with E-state index in [0.717, 1.165) is 67.3 Å². The Morgan fingerprint density at radius 1 is 1.12 bits per heavy atom. The Balaban J connectivity index is 1.35. The fourth-order valence-corrected chi connectivity index (χ4v) is 4.98. The minimum Gasteiger partial charge on any atom is -0.493 e. The van der Waals surface area contributed by atoms with E-state index in [-0.39, 0.29) is 11.9 Å². The van der Waals surface area contributed by atoms with Crippen LogP contribution in [0.5, 0.6) is 11.5 Å². The number of aromatic nitrogens is 4. The molecule has 0 radical (unpaired) electrons. The summed E-state index contributed by atoms with van der Waals surface area (Å²) in [4.78, 5) is 15.5. The predicted octanol–water partition coefficient (Wildman–Crippen LogP) is 4.17. The molecule has 2 aromatic heterocycles. The molecule has 1 atom stereocenters. The second-order valence-electron chi connectivity index (χ2n) is 9.05. The lowest BCUT2D eigenvalue weighted by atomic mass is 10.1. The van der Waals surface area contributed by atoms with Crippen LogP contribution >= 0.6 is 0 Å². The second-order valence-corrected chi connectivity index (χ2v) is 9.05. The summed E-state index contributed by atoms with van der Waals surface area (Å²) in [6, 6.07) is 5.30. The third-order valence-electron chi connectivity index (χ3n) is 6.91. The molecule has 0 bridgehead atoms. The van der Waals surface area contributed by atoms with Crippen molar-refractivity contribution in [3.05, 3.63) is 52.4 Å². The molecule has 2 aliphatic rings. The van der Waals surface area contributed by atoms with Crippen LogP contribution in [-0.4, -0.2) is 44.4 Å². The lowest BCUT2D eigenvalue weighted by molar-refractivity contribution is 0.0726. The van der Waals surface area contributed by atoms with Gasteiger partial charge in [0.25, 0.3) is 5.91 Å². The summed E-state index contributed by atoms with van der Waals surface area (Å²) >= 11 is 0. The van der Waals surface area contributed by atoms with Crippen LogP contribution in [0.1, 0.15) is 77.2 Å². The van der Waals surface area contributed by atoms with E-state index in [2.05, 4.69) is 19.9 Å². The van der Waals surface area contributed by atoms with Crippen LogP contribution in [0.25, 0.3) is 0 Å². The lowest BCUT2D eigenvalue weighted by Crippen LogP contribution is -2.32. The Morgan fingerprint density at radius 2 is 2.00 bits per heavy atom. The zero-order chi connectivity index (χ0) is 23.7. The maximum absolute atomic E-state index is 13.6. The van der Waals surface area contributed by atoms with Gasteiger partial charge in [-0.1, -0.05) is 11.6 Å². The molecule has 180 valence electrons. The minimum atomic E-state index is -0.0479. The molecule has 1 amide bonds. The molecule has 0 N–H and O–H groups in total. The average Bonchev–Trinajstić information content (AvgIpc) is 3.52. The van der Waals surface area contributed by atoms with E-state index in [1.807, 2.05) is 18.7 Å². The first-order chi connectivity index (χ1) is 16.6. The van der Waals surface area contributed by atoms with E-state index in [1.54, 1.807) is 25.3 Å². The van der Waals surface area contributed by atoms with Crippen molar-refractivity contribution in [2.45, 2.75) is 71.6 Å². The molecule has 9 heteroatoms. The monoisotopic (exact) mass is 465 g/mol. The zero-order valence-corrected chi connectivity index (χ0v) is 20.0. The number of carbonyl (C=O) groups is 1. The minimum absolute atomic E-state index is 0.0240. The summed E-state index contributed by atoms with van der Waals surface area (Å²) in [7, 11) is 1.58. The third kappa shape index (κ3) is 4.15. The van der Waals surface area contributed by atoms with Gasteiger partial charge < -0.3 is 23.5 Å². The number of rotatable bonds is 6. The molecule has 34 heavy (non-hydrogen) atoms. The molecular formula is C25H31N5O4. The third-order valence-corrected chi connectivity index (χ3v) is 6.91. The van der Waals surface area contributed by atoms with Gasteiger partial charge in [-0.05, 0) is 57.7 Å². The maximum Gasteiger partial charge on any atom is 0.254 e. The molecular weight excluding hydrogens is 434 g/mol. The molecule has 9 nitrogen and oxygen atoms in total. The molecule has 4 heterocycles. The lowest BCUT2D eigenvalue weighted by Gasteiger charge is -2.25. The van der Waals surface area contributed by atoms with Gasteiger partial charge in [0.15, 0.2) is 17.3 Å². The number of fused-ring (bicyclic) bond motifs is 1. The molecule has 0 aliphatic carbocycles. The van der Waals surface area contributed by atoms with E-state index >= 15 is 0 Å². The Morgan fingerprint density at radius 3 is 2.79 bits per heavy atom. The molecule has 1 aromatic carbocycles. The van der Waals surface area contributed by atoms with Crippen LogP contribution in [0.4, 0.5) is 0 Å². The summed E-state index contributed by atoms with van der Waals surface area (Å²) in [5.41, 5.74) is 2.29. The van der Waals surface area contributed by atoms with E-state index < -0.39 is 0 Å². The summed E-state index contributed by atoms with van der Waals surface area (Å²) in [6.07, 6.45) is 6.30. The fraction of sp³-hybridized carbons (Fsp3) is 0.520. The number of nitrogens with zero attached hydrogens (tertiary/aromatic N) is 5. The van der Waals surface area contributed by atoms with Crippen molar-refractivity contribution in [1.82, 2.24) is 24.8 Å². The Hall–Kier alpha value is -3.36. The largest absolute Gasteiger partial charge is 0.493 e. The van der Waals surface area contributed by atoms with E-state index in [1.165, 1.54) is 6.42 Å². The molecule has 0 saturated carbocycles. The average molecular weight is 466 g/mol. The molecule has 3 aromatic rings. The van der Waals surface area contributed by atoms with Crippen molar-refractivity contribution in [2.75, 3.05) is 13.7 Å². The summed E-state index contributed by atoms with van der Waals surface area (Å²) in [5.74, 6) is 3.77. The molecule has 0 spiro atoms. The maximum atomic E-state index is 13.6. The first-order valence-corrected chi connectivity index (χ1v) is 12.0. The van der Waals surface area contributed by atoms with Crippen molar-refractivity contribution >= 4 is 5.91 Å². The van der Waals surface area contributed by atoms with Crippen LogP contribution < -0.4 is 9.47 Å². The topological polar surface area (TPSA) is 95.5 Å². The van der Waals surface area contributed by atoms with Crippen molar-refractivity contribution in [1.29, 1.82) is 0 Å². The van der Waals surface area contributed by atoms with Gasteiger partial charge in [-0.3, -0.25) is 4.79 Å². The molecule has 1 saturated heterocycles. The SMILES string of the molecule is COc1cc(C(=O)N2CCCC2c2nnc3n2CCCCC3)ccc1OCc1c(C)noc1C. The van der Waals surface area contributed by atoms with Gasteiger partial charge in [0, 0.05) is 25.1 Å². The van der Waals surface area contributed by atoms with Crippen LogP contribution in [0, 0.1) is 13.8 Å². The number of carbonyl (C=O) groups excluding carboxylic acids is 1. The Labute approximate surface area is 199 Å². The van der Waals surface area contributed by atoms with Crippen LogP contribution in [0.15, 0.2) is 22.7 Å². The van der Waals surface area contributed by atoms with Crippen molar-refractivity contribution in [3.8, 4) is 11.5 Å². The number of hydrogen-bond acceptors (Lipinski definition) is 7. The van der Waals surface area contributed by atoms with Crippen molar-refractivity contribution < 1.29 is 18.8 Å². The number of hydrogen-bond donors (Lipinski definition) is 0. The number of likely N-dealkylation sites (tertiary alicyclic amines) is 1. The highest BCUT2D eigenvalue weighted by Gasteiger charge is 2.35. The van der Waals surface area contributed by atoms with Crippen molar-refractivity contribution in [2.24, 2.45) is 0 Å². The molecule has 1 unspecified atom stereocenters. The summed E-state index contributed by atoms with van der Waals surface area (Å²) in [6.45, 7) is 5.70. The second kappa shape index (κ2) is 9.48. The van der Waals surface area contributed by atoms with Crippen LogP contribution in [-0.2, 0) is 19.6 Å². The number of amides is 1. The predicted molar refractivity (Wildman–Crippen MR) is 124 cm³/mol. The van der Waals surface area contributed by atoms with Gasteiger partial charge in [-0.25, -0.2) is 0 Å². The summed E-state index contributed by atoms with van der Waals surface area (Å²) in [5, 5.41) is 12.9. The fourth-order valence-electron chi connectivity index (χ4n) is 4.98. The highest BCUT2D eigenvalue weighted by molar-refractivity contribution is 5.95. The van der Waals surface area contributed by atoms with Gasteiger partial charge in [0.2, 0.25) is 0 Å². The molecule has 2 aliphatic heterocycles. The van der Waals surface area contributed by atoms with Crippen LogP contribution in [0.2, 0.25) is 0 Å². The molecule has 1 fully saturated rings. The standard InChI is InChI=1S/C25H31N5O4/c1-16-19(17(2)34-28-16)15-33-21-11-10-18(14-22(21)32-3)25(31)29-13-7-8-20(29)24-27-26-23-9-5-4-6-12-30(23)24/h10-11,14,20H,4-9,12-13,15H2,1-3H3. The van der Waals surface area contributed by atoms with E-state index in [9.17, 15) is 4.79 Å². The quantitative estimate of drug-likeness (QED) is 0.539. The number of methoxy groups -OCH3 is 1. The Bertz CT molecular complexity index is 1160. The van der Waals surface area contributed by atoms with Gasteiger partial charge in [0.1, 0.15) is 18.2 Å². The van der Waals surface area contributed by atoms with E-state index in [4.69, 9.17) is 14.0 Å². The smallest absolute Gasteiger partial charge is 0.254 e. The van der Waals surface area contributed by atoms with Gasteiger partial charge in [-0.2, -0.15) is 0 Å². The van der Waals surface area contributed by atoms with Crippen LogP contribution in [0.3, 0.4) is 0 Å². The first-order valence-electron chi connectivity index (χ1n) is 12.0. The normalized spacial score (nSPS) is 18.0. The number of benzene rings is 1. The van der Waals surface area contributed by atoms with Gasteiger partial charge in [0.05, 0.1) is 24.4 Å². The summed E-state index contributed by atoms with van der Waals surface area (Å²) < 4.78 is 19.0. The van der Waals surface area contributed by atoms with Gasteiger partial charge in [-0.15, -0.1) is 10.2 Å².